The Morgan fingerprint density at radius 2 is 2.19 bits per heavy atom. The summed E-state index contributed by atoms with van der Waals surface area (Å²) in [5.41, 5.74) is 8.34. The highest BCUT2D eigenvalue weighted by molar-refractivity contribution is 5.39. The minimum atomic E-state index is -0.349. The molecule has 0 radical (unpaired) electrons. The molecule has 0 heterocycles. The number of nitro groups is 1. The van der Waals surface area contributed by atoms with Gasteiger partial charge < -0.3 is 5.73 Å². The zero-order valence-electron chi connectivity index (χ0n) is 9.40. The van der Waals surface area contributed by atoms with E-state index < -0.39 is 0 Å². The van der Waals surface area contributed by atoms with Crippen LogP contribution < -0.4 is 5.73 Å². The van der Waals surface area contributed by atoms with E-state index in [1.54, 1.807) is 12.1 Å². The van der Waals surface area contributed by atoms with Gasteiger partial charge in [0.05, 0.1) is 4.92 Å². The smallest absolute Gasteiger partial charge is 0.269 e. The van der Waals surface area contributed by atoms with Crippen molar-refractivity contribution in [1.29, 1.82) is 0 Å². The Labute approximate surface area is 94.6 Å². The lowest BCUT2D eigenvalue weighted by atomic mass is 10.00. The van der Waals surface area contributed by atoms with E-state index in [1.807, 2.05) is 13.0 Å². The summed E-state index contributed by atoms with van der Waals surface area (Å²) in [7, 11) is 0. The quantitative estimate of drug-likeness (QED) is 0.625. The molecule has 0 bridgehead atoms. The van der Waals surface area contributed by atoms with E-state index in [4.69, 9.17) is 5.73 Å². The monoisotopic (exact) mass is 220 g/mol. The molecule has 0 unspecified atom stereocenters. The van der Waals surface area contributed by atoms with E-state index in [2.05, 4.69) is 0 Å². The lowest BCUT2D eigenvalue weighted by Gasteiger charge is -2.10. The number of rotatable bonds is 4. The van der Waals surface area contributed by atoms with Crippen LogP contribution in [-0.4, -0.2) is 10.5 Å². The topological polar surface area (TPSA) is 69.2 Å². The molecule has 0 atom stereocenters. The largest absolute Gasteiger partial charge is 0.325 e. The van der Waals surface area contributed by atoms with Crippen LogP contribution in [0.1, 0.15) is 30.4 Å². The standard InChI is InChI=1S/C12H16N2O2/c1-9-2-3-11(14(15)16)8-10(9)4-5-12(13)6-7-12/h2-3,8H,4-7,13H2,1H3. The van der Waals surface area contributed by atoms with Gasteiger partial charge in [-0.3, -0.25) is 10.1 Å². The van der Waals surface area contributed by atoms with Crippen LogP contribution in [0.25, 0.3) is 0 Å². The van der Waals surface area contributed by atoms with Crippen LogP contribution in [0.4, 0.5) is 5.69 Å². The maximum absolute atomic E-state index is 10.7. The SMILES string of the molecule is Cc1ccc([N+](=O)[O-])cc1CCC1(N)CC1. The van der Waals surface area contributed by atoms with Gasteiger partial charge in [0, 0.05) is 17.7 Å². The molecule has 1 saturated carbocycles. The molecule has 1 aliphatic carbocycles. The molecule has 86 valence electrons. The molecular formula is C12H16N2O2. The van der Waals surface area contributed by atoms with Crippen molar-refractivity contribution >= 4 is 5.69 Å². The van der Waals surface area contributed by atoms with Crippen LogP contribution in [0.5, 0.6) is 0 Å². The summed E-state index contributed by atoms with van der Waals surface area (Å²) in [6, 6.07) is 5.03. The molecule has 2 rings (SSSR count). The normalized spacial score (nSPS) is 17.1. The van der Waals surface area contributed by atoms with Crippen molar-refractivity contribution in [3.05, 3.63) is 39.4 Å². The molecule has 1 aliphatic rings. The van der Waals surface area contributed by atoms with Gasteiger partial charge in [-0.15, -0.1) is 0 Å². The fourth-order valence-electron chi connectivity index (χ4n) is 1.83. The second-order valence-corrected chi connectivity index (χ2v) is 4.73. The highest BCUT2D eigenvalue weighted by Crippen LogP contribution is 2.37. The predicted molar refractivity (Wildman–Crippen MR) is 62.3 cm³/mol. The fraction of sp³-hybridized carbons (Fsp3) is 0.500. The van der Waals surface area contributed by atoms with Crippen LogP contribution in [0, 0.1) is 17.0 Å². The molecule has 0 aliphatic heterocycles. The van der Waals surface area contributed by atoms with Gasteiger partial charge in [0.1, 0.15) is 0 Å². The summed E-state index contributed by atoms with van der Waals surface area (Å²) < 4.78 is 0. The Morgan fingerprint density at radius 3 is 2.75 bits per heavy atom. The molecule has 16 heavy (non-hydrogen) atoms. The second kappa shape index (κ2) is 3.87. The Kier molecular flexibility index (Phi) is 2.68. The minimum absolute atomic E-state index is 0.0110. The zero-order chi connectivity index (χ0) is 11.8. The molecule has 4 heteroatoms. The number of aryl methyl sites for hydroxylation is 2. The van der Waals surface area contributed by atoms with E-state index >= 15 is 0 Å². The Balaban J connectivity index is 2.12. The summed E-state index contributed by atoms with van der Waals surface area (Å²) in [5, 5.41) is 10.7. The van der Waals surface area contributed by atoms with Gasteiger partial charge in [-0.1, -0.05) is 6.07 Å². The zero-order valence-corrected chi connectivity index (χ0v) is 9.40. The Bertz CT molecular complexity index is 425. The lowest BCUT2D eigenvalue weighted by Crippen LogP contribution is -2.22. The maximum Gasteiger partial charge on any atom is 0.269 e. The third kappa shape index (κ3) is 2.39. The van der Waals surface area contributed by atoms with Crippen molar-refractivity contribution < 1.29 is 4.92 Å². The van der Waals surface area contributed by atoms with E-state index in [0.29, 0.717) is 0 Å². The third-order valence-corrected chi connectivity index (χ3v) is 3.33. The van der Waals surface area contributed by atoms with Gasteiger partial charge in [-0.25, -0.2) is 0 Å². The van der Waals surface area contributed by atoms with Crippen LogP contribution in [0.3, 0.4) is 0 Å². The Hall–Kier alpha value is -1.42. The van der Waals surface area contributed by atoms with E-state index in [1.165, 1.54) is 0 Å². The van der Waals surface area contributed by atoms with Gasteiger partial charge >= 0.3 is 0 Å². The van der Waals surface area contributed by atoms with Crippen molar-refractivity contribution in [2.75, 3.05) is 0 Å². The highest BCUT2D eigenvalue weighted by atomic mass is 16.6. The minimum Gasteiger partial charge on any atom is -0.325 e. The third-order valence-electron chi connectivity index (χ3n) is 3.33. The summed E-state index contributed by atoms with van der Waals surface area (Å²) in [6.07, 6.45) is 3.93. The van der Waals surface area contributed by atoms with Crippen molar-refractivity contribution in [3.8, 4) is 0 Å². The van der Waals surface area contributed by atoms with E-state index in [9.17, 15) is 10.1 Å². The van der Waals surface area contributed by atoms with E-state index in [-0.39, 0.29) is 16.1 Å². The molecule has 2 N–H and O–H groups in total. The van der Waals surface area contributed by atoms with Gasteiger partial charge in [0.25, 0.3) is 5.69 Å². The van der Waals surface area contributed by atoms with Gasteiger partial charge in [-0.05, 0) is 43.7 Å². The summed E-state index contributed by atoms with van der Waals surface area (Å²) >= 11 is 0. The first-order chi connectivity index (χ1) is 7.50. The summed E-state index contributed by atoms with van der Waals surface area (Å²) in [6.45, 7) is 1.98. The summed E-state index contributed by atoms with van der Waals surface area (Å²) in [5.74, 6) is 0. The molecule has 1 fully saturated rings. The number of nitrogens with two attached hydrogens (primary N) is 1. The second-order valence-electron chi connectivity index (χ2n) is 4.73. The Morgan fingerprint density at radius 1 is 1.50 bits per heavy atom. The maximum atomic E-state index is 10.7. The predicted octanol–water partition coefficient (Wildman–Crippen LogP) is 2.33. The number of hydrogen-bond donors (Lipinski definition) is 1. The van der Waals surface area contributed by atoms with Crippen LogP contribution in [-0.2, 0) is 6.42 Å². The molecule has 0 amide bonds. The van der Waals surface area contributed by atoms with Crippen molar-refractivity contribution in [3.63, 3.8) is 0 Å². The fourth-order valence-corrected chi connectivity index (χ4v) is 1.83. The van der Waals surface area contributed by atoms with Gasteiger partial charge in [0.15, 0.2) is 0 Å². The van der Waals surface area contributed by atoms with Gasteiger partial charge in [-0.2, -0.15) is 0 Å². The molecule has 4 nitrogen and oxygen atoms in total. The van der Waals surface area contributed by atoms with Crippen LogP contribution >= 0.6 is 0 Å². The first kappa shape index (κ1) is 11.1. The number of nitro benzene ring substituents is 1. The number of benzene rings is 1. The first-order valence-corrected chi connectivity index (χ1v) is 5.53. The molecule has 0 spiro atoms. The first-order valence-electron chi connectivity index (χ1n) is 5.53. The van der Waals surface area contributed by atoms with Crippen LogP contribution in [0.15, 0.2) is 18.2 Å². The average Bonchev–Trinajstić information content (AvgIpc) is 2.95. The van der Waals surface area contributed by atoms with Crippen molar-refractivity contribution in [1.82, 2.24) is 0 Å². The average molecular weight is 220 g/mol. The number of non-ortho nitro benzene ring substituents is 1. The van der Waals surface area contributed by atoms with Crippen molar-refractivity contribution in [2.45, 2.75) is 38.1 Å². The van der Waals surface area contributed by atoms with Crippen molar-refractivity contribution in [2.24, 2.45) is 5.73 Å². The lowest BCUT2D eigenvalue weighted by molar-refractivity contribution is -0.384. The summed E-state index contributed by atoms with van der Waals surface area (Å²) in [4.78, 5) is 10.3. The van der Waals surface area contributed by atoms with Gasteiger partial charge in [0.2, 0.25) is 0 Å². The molecule has 0 aromatic heterocycles. The highest BCUT2D eigenvalue weighted by Gasteiger charge is 2.37. The molecular weight excluding hydrogens is 204 g/mol. The van der Waals surface area contributed by atoms with Crippen LogP contribution in [0.2, 0.25) is 0 Å². The number of nitrogens with zero attached hydrogens (tertiary/aromatic N) is 1. The molecule has 1 aromatic rings. The van der Waals surface area contributed by atoms with E-state index in [0.717, 1.165) is 36.8 Å². The number of hydrogen-bond acceptors (Lipinski definition) is 3. The molecule has 1 aromatic carbocycles. The molecule has 0 saturated heterocycles.